The fourth-order valence-electron chi connectivity index (χ4n) is 9.13. The van der Waals surface area contributed by atoms with Crippen molar-refractivity contribution in [2.75, 3.05) is 13.2 Å². The van der Waals surface area contributed by atoms with Gasteiger partial charge in [-0.1, -0.05) is 278 Å². The topological polar surface area (TPSA) is 78.9 Å². The van der Waals surface area contributed by atoms with Gasteiger partial charge in [0.1, 0.15) is 13.2 Å². The van der Waals surface area contributed by atoms with Crippen molar-refractivity contribution in [3.63, 3.8) is 0 Å². The molecule has 0 spiro atoms. The molecule has 0 amide bonds. The fourth-order valence-corrected chi connectivity index (χ4v) is 9.13. The Morgan fingerprint density at radius 1 is 0.269 bits per heavy atom. The first-order valence-electron chi connectivity index (χ1n) is 32.9. The van der Waals surface area contributed by atoms with E-state index in [4.69, 9.17) is 14.2 Å². The molecule has 0 aliphatic carbocycles. The standard InChI is InChI=1S/C72H122O6/c1-4-7-10-13-16-19-22-25-27-29-30-31-32-33-34-35-36-37-38-39-40-41-42-43-45-47-50-53-56-59-62-65-71(74)77-68-69(67-76-70(73)64-61-58-55-52-49-46-24-21-18-15-12-9-6-3)78-72(75)66-63-60-57-54-51-48-44-28-26-23-20-17-14-11-8-5-2/h7,9-10,12,16,18-19,21,25,27-28,30-31,33-34,44,46,49,69H,4-6,8,11,13-15,17,20,22-24,26,29,32,35-43,45,47-48,50-68H2,1-3H3/b10-7-,12-9-,19-16-,21-18-,27-25-,31-30-,34-33-,44-28-,49-46-. The molecule has 0 aliphatic rings. The molecule has 1 atom stereocenters. The molecule has 0 N–H and O–H groups in total. The van der Waals surface area contributed by atoms with Gasteiger partial charge in [0.25, 0.3) is 0 Å². The molecule has 446 valence electrons. The molecule has 0 saturated heterocycles. The minimum atomic E-state index is -0.795. The van der Waals surface area contributed by atoms with Crippen LogP contribution >= 0.6 is 0 Å². The maximum Gasteiger partial charge on any atom is 0.306 e. The summed E-state index contributed by atoms with van der Waals surface area (Å²) in [6, 6.07) is 0. The van der Waals surface area contributed by atoms with Crippen LogP contribution in [-0.2, 0) is 28.6 Å². The number of hydrogen-bond acceptors (Lipinski definition) is 6. The Labute approximate surface area is 482 Å². The Morgan fingerprint density at radius 3 is 0.808 bits per heavy atom. The van der Waals surface area contributed by atoms with Crippen molar-refractivity contribution in [1.82, 2.24) is 0 Å². The minimum absolute atomic E-state index is 0.0896. The van der Waals surface area contributed by atoms with E-state index in [9.17, 15) is 14.4 Å². The highest BCUT2D eigenvalue weighted by atomic mass is 16.6. The average Bonchev–Trinajstić information content (AvgIpc) is 3.44. The van der Waals surface area contributed by atoms with E-state index in [0.29, 0.717) is 19.3 Å². The van der Waals surface area contributed by atoms with Gasteiger partial charge in [-0.15, -0.1) is 0 Å². The summed E-state index contributed by atoms with van der Waals surface area (Å²) in [7, 11) is 0. The average molecular weight is 1080 g/mol. The Morgan fingerprint density at radius 2 is 0.500 bits per heavy atom. The third-order valence-electron chi connectivity index (χ3n) is 14.0. The Hall–Kier alpha value is -3.93. The maximum atomic E-state index is 12.9. The molecule has 0 rings (SSSR count). The number of rotatable bonds is 59. The van der Waals surface area contributed by atoms with Gasteiger partial charge in [-0.3, -0.25) is 14.4 Å². The summed E-state index contributed by atoms with van der Waals surface area (Å²) in [6.45, 7) is 6.40. The third kappa shape index (κ3) is 62.9. The van der Waals surface area contributed by atoms with Crippen LogP contribution in [0.3, 0.4) is 0 Å². The van der Waals surface area contributed by atoms with Crippen LogP contribution in [0.5, 0.6) is 0 Å². The van der Waals surface area contributed by atoms with Gasteiger partial charge in [-0.05, 0) is 122 Å². The second-order valence-corrected chi connectivity index (χ2v) is 21.6. The maximum absolute atomic E-state index is 12.9. The first-order chi connectivity index (χ1) is 38.5. The van der Waals surface area contributed by atoms with Gasteiger partial charge in [0, 0.05) is 19.3 Å². The highest BCUT2D eigenvalue weighted by Gasteiger charge is 2.19. The van der Waals surface area contributed by atoms with Crippen LogP contribution < -0.4 is 0 Å². The van der Waals surface area contributed by atoms with Crippen LogP contribution in [0.15, 0.2) is 109 Å². The summed E-state index contributed by atoms with van der Waals surface area (Å²) >= 11 is 0. The van der Waals surface area contributed by atoms with Gasteiger partial charge in [-0.25, -0.2) is 0 Å². The Bertz CT molecular complexity index is 1570. The predicted molar refractivity (Wildman–Crippen MR) is 339 cm³/mol. The molecule has 0 bridgehead atoms. The lowest BCUT2D eigenvalue weighted by Gasteiger charge is -2.18. The summed E-state index contributed by atoms with van der Waals surface area (Å²) in [4.78, 5) is 38.3. The fraction of sp³-hybridized carbons (Fsp3) is 0.708. The van der Waals surface area contributed by atoms with Crippen molar-refractivity contribution >= 4 is 17.9 Å². The molecule has 0 heterocycles. The van der Waals surface area contributed by atoms with Crippen LogP contribution in [0, 0.1) is 0 Å². The molecule has 0 saturated carbocycles. The van der Waals surface area contributed by atoms with E-state index >= 15 is 0 Å². The van der Waals surface area contributed by atoms with Crippen molar-refractivity contribution in [3.8, 4) is 0 Å². The summed E-state index contributed by atoms with van der Waals surface area (Å²) in [5.41, 5.74) is 0. The normalized spacial score (nSPS) is 12.8. The molecule has 0 aromatic rings. The first kappa shape index (κ1) is 74.1. The number of unbranched alkanes of at least 4 members (excludes halogenated alkanes) is 30. The van der Waals surface area contributed by atoms with Crippen molar-refractivity contribution in [2.45, 2.75) is 316 Å². The van der Waals surface area contributed by atoms with Crippen molar-refractivity contribution in [1.29, 1.82) is 0 Å². The molecule has 0 aliphatic heterocycles. The predicted octanol–water partition coefficient (Wildman–Crippen LogP) is 22.6. The zero-order chi connectivity index (χ0) is 56.4. The second kappa shape index (κ2) is 65.6. The Balaban J connectivity index is 4.23. The molecule has 0 fully saturated rings. The van der Waals surface area contributed by atoms with Crippen LogP contribution in [0.4, 0.5) is 0 Å². The highest BCUT2D eigenvalue weighted by Crippen LogP contribution is 2.16. The van der Waals surface area contributed by atoms with Crippen LogP contribution in [-0.4, -0.2) is 37.2 Å². The van der Waals surface area contributed by atoms with E-state index in [0.717, 1.165) is 128 Å². The molecular weight excluding hydrogens is 961 g/mol. The minimum Gasteiger partial charge on any atom is -0.462 e. The van der Waals surface area contributed by atoms with E-state index in [-0.39, 0.29) is 31.1 Å². The molecule has 6 heteroatoms. The summed E-state index contributed by atoms with van der Waals surface area (Å²) in [5, 5.41) is 0. The van der Waals surface area contributed by atoms with E-state index in [1.54, 1.807) is 0 Å². The monoisotopic (exact) mass is 1080 g/mol. The largest absolute Gasteiger partial charge is 0.462 e. The van der Waals surface area contributed by atoms with Gasteiger partial charge in [0.05, 0.1) is 0 Å². The van der Waals surface area contributed by atoms with Crippen molar-refractivity contribution in [3.05, 3.63) is 109 Å². The van der Waals surface area contributed by atoms with Crippen LogP contribution in [0.1, 0.15) is 310 Å². The number of esters is 3. The van der Waals surface area contributed by atoms with E-state index in [1.807, 2.05) is 0 Å². The zero-order valence-corrected chi connectivity index (χ0v) is 51.2. The number of ether oxygens (including phenoxy) is 3. The van der Waals surface area contributed by atoms with E-state index in [2.05, 4.69) is 130 Å². The SMILES string of the molecule is CC/C=C\C/C=C\C/C=C\C/C=C\C/C=C\CCCCCCCCCCCCCCCCCC(=O)OCC(COC(=O)CCCCC/C=C\C/C=C\C/C=C\CC)OC(=O)CCCCCCC/C=C\CCCCCCCCC. The first-order valence-corrected chi connectivity index (χ1v) is 32.9. The van der Waals surface area contributed by atoms with Crippen molar-refractivity contribution < 1.29 is 28.6 Å². The summed E-state index contributed by atoms with van der Waals surface area (Å²) in [6.07, 6.45) is 89.7. The quantitative estimate of drug-likeness (QED) is 0.0261. The van der Waals surface area contributed by atoms with E-state index in [1.165, 1.54) is 141 Å². The van der Waals surface area contributed by atoms with Gasteiger partial charge >= 0.3 is 17.9 Å². The molecule has 0 radical (unpaired) electrons. The van der Waals surface area contributed by atoms with Gasteiger partial charge < -0.3 is 14.2 Å². The molecular formula is C72H122O6. The van der Waals surface area contributed by atoms with Crippen LogP contribution in [0.25, 0.3) is 0 Å². The number of allylic oxidation sites excluding steroid dienone is 18. The Kier molecular flexibility index (Phi) is 62.3. The molecule has 0 aromatic heterocycles. The summed E-state index contributed by atoms with van der Waals surface area (Å²) in [5.74, 6) is -0.920. The molecule has 1 unspecified atom stereocenters. The molecule has 78 heavy (non-hydrogen) atoms. The number of hydrogen-bond donors (Lipinski definition) is 0. The van der Waals surface area contributed by atoms with Gasteiger partial charge in [0.15, 0.2) is 6.10 Å². The van der Waals surface area contributed by atoms with E-state index < -0.39 is 6.10 Å². The third-order valence-corrected chi connectivity index (χ3v) is 14.0. The van der Waals surface area contributed by atoms with Gasteiger partial charge in [-0.2, -0.15) is 0 Å². The lowest BCUT2D eigenvalue weighted by molar-refractivity contribution is -0.167. The highest BCUT2D eigenvalue weighted by molar-refractivity contribution is 5.71. The molecule has 6 nitrogen and oxygen atoms in total. The molecule has 0 aromatic carbocycles. The zero-order valence-electron chi connectivity index (χ0n) is 51.2. The van der Waals surface area contributed by atoms with Gasteiger partial charge in [0.2, 0.25) is 0 Å². The second-order valence-electron chi connectivity index (χ2n) is 21.6. The lowest BCUT2D eigenvalue weighted by atomic mass is 10.0. The lowest BCUT2D eigenvalue weighted by Crippen LogP contribution is -2.30. The smallest absolute Gasteiger partial charge is 0.306 e. The van der Waals surface area contributed by atoms with Crippen molar-refractivity contribution in [2.24, 2.45) is 0 Å². The summed E-state index contributed by atoms with van der Waals surface area (Å²) < 4.78 is 16.9. The van der Waals surface area contributed by atoms with Crippen LogP contribution in [0.2, 0.25) is 0 Å². The number of carbonyl (C=O) groups is 3. The number of carbonyl (C=O) groups excluding carboxylic acids is 3.